The van der Waals surface area contributed by atoms with Crippen LogP contribution in [0.1, 0.15) is 0 Å². The Hall–Kier alpha value is -5.16. The molecule has 3 heterocycles. The maximum Gasteiger partial charge on any atom is 0.143 e. The van der Waals surface area contributed by atoms with Gasteiger partial charge in [-0.05, 0) is 66.0 Å². The zero-order valence-electron chi connectivity index (χ0n) is 23.5. The Labute approximate surface area is 260 Å². The number of thiophene rings is 2. The fourth-order valence-electron chi connectivity index (χ4n) is 6.79. The Morgan fingerprint density at radius 1 is 0.386 bits per heavy atom. The molecule has 0 spiro atoms. The Morgan fingerprint density at radius 2 is 0.909 bits per heavy atom. The van der Waals surface area contributed by atoms with Gasteiger partial charge < -0.3 is 9.32 Å². The topological polar surface area (TPSA) is 16.4 Å². The number of hydrogen-bond acceptors (Lipinski definition) is 4. The summed E-state index contributed by atoms with van der Waals surface area (Å²) in [4.78, 5) is 2.40. The van der Waals surface area contributed by atoms with E-state index in [-0.39, 0.29) is 0 Å². The molecule has 0 radical (unpaired) electrons. The summed E-state index contributed by atoms with van der Waals surface area (Å²) in [5, 5.41) is 9.83. The first-order valence-electron chi connectivity index (χ1n) is 14.8. The van der Waals surface area contributed by atoms with Gasteiger partial charge in [0.2, 0.25) is 0 Å². The van der Waals surface area contributed by atoms with E-state index in [2.05, 4.69) is 144 Å². The van der Waals surface area contributed by atoms with Crippen molar-refractivity contribution in [3.63, 3.8) is 0 Å². The molecule has 2 nitrogen and oxygen atoms in total. The molecular weight excluding hydrogens is 575 g/mol. The van der Waals surface area contributed by atoms with Crippen LogP contribution in [-0.2, 0) is 0 Å². The normalized spacial score (nSPS) is 12.1. The largest absolute Gasteiger partial charge is 0.455 e. The molecule has 0 aliphatic carbocycles. The molecule has 0 saturated carbocycles. The standard InChI is InChI=1S/C40H23NOS2/c1-2-8-28-24(7-1)13-17-33-34-21-25(16-20-35(34)42-40(28)33)41(26-14-18-31-29-9-3-5-11-36(29)43-38(31)22-26)27-15-19-32-30-10-4-6-12-37(30)44-39(32)23-27/h1-23H. The van der Waals surface area contributed by atoms with E-state index in [4.69, 9.17) is 4.42 Å². The van der Waals surface area contributed by atoms with E-state index >= 15 is 0 Å². The van der Waals surface area contributed by atoms with E-state index < -0.39 is 0 Å². The number of furan rings is 1. The molecule has 44 heavy (non-hydrogen) atoms. The molecule has 0 aliphatic heterocycles. The van der Waals surface area contributed by atoms with Crippen molar-refractivity contribution in [3.05, 3.63) is 140 Å². The summed E-state index contributed by atoms with van der Waals surface area (Å²) in [5.74, 6) is 0. The Bertz CT molecular complexity index is 2630. The number of anilines is 3. The lowest BCUT2D eigenvalue weighted by atomic mass is 10.1. The molecule has 0 bridgehead atoms. The molecule has 0 aliphatic rings. The van der Waals surface area contributed by atoms with Crippen LogP contribution >= 0.6 is 22.7 Å². The third-order valence-corrected chi connectivity index (χ3v) is 11.1. The van der Waals surface area contributed by atoms with Gasteiger partial charge in [-0.3, -0.25) is 0 Å². The molecule has 10 rings (SSSR count). The van der Waals surface area contributed by atoms with Crippen molar-refractivity contribution in [3.8, 4) is 0 Å². The van der Waals surface area contributed by atoms with Gasteiger partial charge in [0.25, 0.3) is 0 Å². The van der Waals surface area contributed by atoms with Crippen molar-refractivity contribution in [2.75, 3.05) is 4.90 Å². The smallest absolute Gasteiger partial charge is 0.143 e. The fraction of sp³-hybridized carbons (Fsp3) is 0. The molecule has 0 amide bonds. The molecule has 206 valence electrons. The van der Waals surface area contributed by atoms with Crippen molar-refractivity contribution in [2.24, 2.45) is 0 Å². The summed E-state index contributed by atoms with van der Waals surface area (Å²) in [6, 6.07) is 50.6. The van der Waals surface area contributed by atoms with Gasteiger partial charge in [0.1, 0.15) is 11.2 Å². The zero-order chi connectivity index (χ0) is 28.8. The molecule has 0 atom stereocenters. The van der Waals surface area contributed by atoms with E-state index in [0.29, 0.717) is 0 Å². The Balaban J connectivity index is 1.22. The molecule has 0 N–H and O–H groups in total. The summed E-state index contributed by atoms with van der Waals surface area (Å²) in [7, 11) is 0. The Kier molecular flexibility index (Phi) is 5.06. The number of hydrogen-bond donors (Lipinski definition) is 0. The van der Waals surface area contributed by atoms with Crippen LogP contribution in [0.5, 0.6) is 0 Å². The summed E-state index contributed by atoms with van der Waals surface area (Å²) < 4.78 is 11.7. The summed E-state index contributed by atoms with van der Waals surface area (Å²) in [6.07, 6.45) is 0. The van der Waals surface area contributed by atoms with Crippen molar-refractivity contribution in [1.82, 2.24) is 0 Å². The maximum atomic E-state index is 6.48. The summed E-state index contributed by atoms with van der Waals surface area (Å²) >= 11 is 3.71. The lowest BCUT2D eigenvalue weighted by Gasteiger charge is -2.26. The van der Waals surface area contributed by atoms with Gasteiger partial charge in [0, 0.05) is 73.6 Å². The highest BCUT2D eigenvalue weighted by Crippen LogP contribution is 2.44. The SMILES string of the molecule is c1ccc2c(c1)ccc1c3cc(N(c4ccc5c(c4)sc4ccccc45)c4ccc5c(c4)sc4ccccc45)ccc3oc21. The minimum absolute atomic E-state index is 0.903. The van der Waals surface area contributed by atoms with Crippen LogP contribution in [-0.4, -0.2) is 0 Å². The van der Waals surface area contributed by atoms with E-state index in [1.165, 1.54) is 45.7 Å². The lowest BCUT2D eigenvalue weighted by molar-refractivity contribution is 0.672. The van der Waals surface area contributed by atoms with Gasteiger partial charge in [-0.2, -0.15) is 0 Å². The number of rotatable bonds is 3. The summed E-state index contributed by atoms with van der Waals surface area (Å²) in [5.41, 5.74) is 5.23. The van der Waals surface area contributed by atoms with Gasteiger partial charge in [0.15, 0.2) is 0 Å². The molecule has 0 saturated heterocycles. The van der Waals surface area contributed by atoms with E-state index in [0.717, 1.165) is 44.4 Å². The van der Waals surface area contributed by atoms with Crippen LogP contribution in [0.15, 0.2) is 144 Å². The van der Waals surface area contributed by atoms with Gasteiger partial charge in [0.05, 0.1) is 0 Å². The van der Waals surface area contributed by atoms with Crippen molar-refractivity contribution >= 4 is 113 Å². The van der Waals surface area contributed by atoms with Gasteiger partial charge >= 0.3 is 0 Å². The second kappa shape index (κ2) is 9.17. The fourth-order valence-corrected chi connectivity index (χ4v) is 9.06. The predicted molar refractivity (Wildman–Crippen MR) is 192 cm³/mol. The highest BCUT2D eigenvalue weighted by atomic mass is 32.1. The molecule has 7 aromatic carbocycles. The molecular formula is C40H23NOS2. The average molecular weight is 598 g/mol. The van der Waals surface area contributed by atoms with Gasteiger partial charge in [-0.15, -0.1) is 22.7 Å². The first-order valence-corrected chi connectivity index (χ1v) is 16.4. The van der Waals surface area contributed by atoms with E-state index in [9.17, 15) is 0 Å². The van der Waals surface area contributed by atoms with Crippen molar-refractivity contribution in [2.45, 2.75) is 0 Å². The maximum absolute atomic E-state index is 6.48. The van der Waals surface area contributed by atoms with Crippen LogP contribution in [0.4, 0.5) is 17.1 Å². The van der Waals surface area contributed by atoms with Gasteiger partial charge in [-0.1, -0.05) is 78.9 Å². The Morgan fingerprint density at radius 3 is 1.59 bits per heavy atom. The highest BCUT2D eigenvalue weighted by Gasteiger charge is 2.19. The zero-order valence-corrected chi connectivity index (χ0v) is 25.1. The second-order valence-electron chi connectivity index (χ2n) is 11.3. The highest BCUT2D eigenvalue weighted by molar-refractivity contribution is 7.26. The van der Waals surface area contributed by atoms with Crippen LogP contribution in [0.25, 0.3) is 73.1 Å². The molecule has 0 unspecified atom stereocenters. The third-order valence-electron chi connectivity index (χ3n) is 8.84. The minimum Gasteiger partial charge on any atom is -0.455 e. The van der Waals surface area contributed by atoms with E-state index in [1.807, 2.05) is 22.7 Å². The molecule has 10 aromatic rings. The van der Waals surface area contributed by atoms with Crippen molar-refractivity contribution < 1.29 is 4.42 Å². The monoisotopic (exact) mass is 597 g/mol. The number of fused-ring (bicyclic) bond motifs is 11. The minimum atomic E-state index is 0.903. The van der Waals surface area contributed by atoms with Crippen molar-refractivity contribution in [1.29, 1.82) is 0 Å². The number of nitrogens with zero attached hydrogens (tertiary/aromatic N) is 1. The van der Waals surface area contributed by atoms with Crippen LogP contribution in [0.3, 0.4) is 0 Å². The average Bonchev–Trinajstić information content (AvgIpc) is 3.75. The van der Waals surface area contributed by atoms with Crippen LogP contribution in [0.2, 0.25) is 0 Å². The van der Waals surface area contributed by atoms with E-state index in [1.54, 1.807) is 0 Å². The van der Waals surface area contributed by atoms with Crippen LogP contribution < -0.4 is 4.90 Å². The molecule has 0 fully saturated rings. The summed E-state index contributed by atoms with van der Waals surface area (Å²) in [6.45, 7) is 0. The molecule has 3 aromatic heterocycles. The predicted octanol–water partition coefficient (Wildman–Crippen LogP) is 12.9. The number of benzene rings is 7. The lowest BCUT2D eigenvalue weighted by Crippen LogP contribution is -2.09. The van der Waals surface area contributed by atoms with Crippen LogP contribution in [0, 0.1) is 0 Å². The quantitative estimate of drug-likeness (QED) is 0.201. The second-order valence-corrected chi connectivity index (χ2v) is 13.5. The van der Waals surface area contributed by atoms with Gasteiger partial charge in [-0.25, -0.2) is 0 Å². The first kappa shape index (κ1) is 24.3. The first-order chi connectivity index (χ1) is 21.8. The molecule has 4 heteroatoms. The third kappa shape index (κ3) is 3.53.